The Labute approximate surface area is 329 Å². The molecule has 0 unspecified atom stereocenters. The van der Waals surface area contributed by atoms with E-state index in [1.165, 1.54) is 11.0 Å². The highest BCUT2D eigenvalue weighted by Gasteiger charge is 2.64. The number of fused-ring (bicyclic) bond motifs is 5. The number of nitrogens with zero attached hydrogens (tertiary/aromatic N) is 2. The summed E-state index contributed by atoms with van der Waals surface area (Å²) in [6.07, 6.45) is 2.68. The monoisotopic (exact) mass is 817 g/mol. The molecule has 310 valence electrons. The van der Waals surface area contributed by atoms with E-state index in [-0.39, 0.29) is 56.9 Å². The van der Waals surface area contributed by atoms with Crippen LogP contribution in [0.25, 0.3) is 10.9 Å². The van der Waals surface area contributed by atoms with Crippen LogP contribution in [0.3, 0.4) is 0 Å². The van der Waals surface area contributed by atoms with Gasteiger partial charge >= 0.3 is 12.3 Å². The molecule has 3 aliphatic heterocycles. The maximum absolute atomic E-state index is 14.7. The zero-order valence-corrected chi connectivity index (χ0v) is 33.4. The summed E-state index contributed by atoms with van der Waals surface area (Å²) in [5.41, 5.74) is -2.27. The second kappa shape index (κ2) is 14.8. The number of rotatable bonds is 6. The molecule has 5 aliphatic rings. The van der Waals surface area contributed by atoms with Crippen LogP contribution in [0, 0.1) is 18.8 Å². The Hall–Kier alpha value is -4.41. The van der Waals surface area contributed by atoms with Crippen molar-refractivity contribution < 1.29 is 50.2 Å². The van der Waals surface area contributed by atoms with Gasteiger partial charge in [0.05, 0.1) is 34.7 Å². The minimum atomic E-state index is -4.58. The number of amides is 4. The van der Waals surface area contributed by atoms with Gasteiger partial charge < -0.3 is 25.0 Å². The van der Waals surface area contributed by atoms with Gasteiger partial charge in [-0.3, -0.25) is 19.1 Å². The zero-order valence-electron chi connectivity index (χ0n) is 32.6. The summed E-state index contributed by atoms with van der Waals surface area (Å²) >= 11 is 0. The second-order valence-corrected chi connectivity index (χ2v) is 19.3. The lowest BCUT2D eigenvalue weighted by molar-refractivity contribution is -0.141. The Morgan fingerprint density at radius 1 is 1.12 bits per heavy atom. The largest absolute Gasteiger partial charge is 0.483 e. The van der Waals surface area contributed by atoms with Crippen LogP contribution in [-0.4, -0.2) is 83.2 Å². The van der Waals surface area contributed by atoms with Gasteiger partial charge in [-0.05, 0) is 89.3 Å². The third kappa shape index (κ3) is 8.04. The fourth-order valence-electron chi connectivity index (χ4n) is 8.29. The molecule has 2 aliphatic carbocycles. The fraction of sp³-hybridized carbons (Fsp3) is 0.625. The lowest BCUT2D eigenvalue weighted by Crippen LogP contribution is -2.58. The van der Waals surface area contributed by atoms with Gasteiger partial charge in [0.1, 0.15) is 29.0 Å². The summed E-state index contributed by atoms with van der Waals surface area (Å²) in [7, 11) is -4.05. The maximum atomic E-state index is 14.7. The number of hydrogen-bond donors (Lipinski definition) is 3. The number of ether oxygens (including phenoxy) is 2. The van der Waals surface area contributed by atoms with E-state index in [1.54, 1.807) is 13.8 Å². The van der Waals surface area contributed by atoms with Gasteiger partial charge in [-0.25, -0.2) is 18.2 Å². The van der Waals surface area contributed by atoms with Crippen molar-refractivity contribution in [3.05, 3.63) is 47.2 Å². The first-order valence-electron chi connectivity index (χ1n) is 19.8. The summed E-state index contributed by atoms with van der Waals surface area (Å²) in [5.74, 6) is -2.30. The van der Waals surface area contributed by atoms with Gasteiger partial charge in [-0.1, -0.05) is 38.8 Å². The van der Waals surface area contributed by atoms with E-state index in [2.05, 4.69) is 20.3 Å². The van der Waals surface area contributed by atoms with Gasteiger partial charge in [0, 0.05) is 23.3 Å². The summed E-state index contributed by atoms with van der Waals surface area (Å²) < 4.78 is 80.9. The first-order chi connectivity index (χ1) is 26.8. The third-order valence-electron chi connectivity index (χ3n) is 12.1. The van der Waals surface area contributed by atoms with E-state index < -0.39 is 79.5 Å². The highest BCUT2D eigenvalue weighted by atomic mass is 32.2. The smallest absolute Gasteiger partial charge is 0.416 e. The molecule has 0 bridgehead atoms. The quantitative estimate of drug-likeness (QED) is 0.324. The van der Waals surface area contributed by atoms with E-state index in [0.29, 0.717) is 54.3 Å². The average molecular weight is 818 g/mol. The van der Waals surface area contributed by atoms with Crippen LogP contribution in [-0.2, 0) is 41.7 Å². The molecule has 4 heterocycles. The number of halogens is 3. The highest BCUT2D eigenvalue weighted by Crippen LogP contribution is 2.49. The first kappa shape index (κ1) is 40.8. The van der Waals surface area contributed by atoms with Gasteiger partial charge in [0.15, 0.2) is 0 Å². The average Bonchev–Trinajstić information content (AvgIpc) is 4.03. The van der Waals surface area contributed by atoms with Crippen LogP contribution in [0.15, 0.2) is 30.4 Å². The number of allylic oxidation sites excluding steroid dienone is 1. The molecule has 1 spiro atoms. The minimum absolute atomic E-state index is 0.0401. The Morgan fingerprint density at radius 3 is 2.58 bits per heavy atom. The van der Waals surface area contributed by atoms with Crippen molar-refractivity contribution in [2.75, 3.05) is 13.2 Å². The summed E-state index contributed by atoms with van der Waals surface area (Å²) in [4.78, 5) is 62.0. The third-order valence-corrected chi connectivity index (χ3v) is 14.3. The summed E-state index contributed by atoms with van der Waals surface area (Å²) in [6, 6.07) is 1.07. The number of carbonyl (C=O) groups is 4. The van der Waals surface area contributed by atoms with Gasteiger partial charge in [-0.15, -0.1) is 0 Å². The summed E-state index contributed by atoms with van der Waals surface area (Å²) in [5, 5.41) is 5.87. The van der Waals surface area contributed by atoms with Crippen molar-refractivity contribution in [2.24, 2.45) is 11.8 Å². The molecule has 3 N–H and O–H groups in total. The topological polar surface area (TPSA) is 173 Å². The van der Waals surface area contributed by atoms with Crippen LogP contribution < -0.4 is 20.1 Å². The van der Waals surface area contributed by atoms with E-state index in [0.717, 1.165) is 18.6 Å². The van der Waals surface area contributed by atoms with E-state index in [1.807, 2.05) is 26.0 Å². The number of aromatic nitrogens is 1. The number of hydrogen-bond acceptors (Lipinski definition) is 9. The number of carbonyl (C=O) groups excluding carboxylic acids is 4. The Kier molecular flexibility index (Phi) is 10.6. The lowest BCUT2D eigenvalue weighted by Gasteiger charge is -2.37. The van der Waals surface area contributed by atoms with Crippen molar-refractivity contribution >= 4 is 44.7 Å². The molecule has 17 heteroatoms. The Bertz CT molecular complexity index is 2120. The second-order valence-electron chi connectivity index (χ2n) is 17.1. The molecule has 2 saturated carbocycles. The number of alkyl halides is 3. The SMILES string of the molecule is Cc1nc2ccc(C(F)(F)F)cc2c2c1O[C@]1(CC2)C[C@H]2C(=O)N[C@]3(C(=O)NS(=O)(=O)C4(C)CC4)C[C@H]3/C=C\CCCCC[C@H](NC(=O)OCC(C)C)C(=O)N2C1. The van der Waals surface area contributed by atoms with E-state index >= 15 is 0 Å². The van der Waals surface area contributed by atoms with Gasteiger partial charge in [0.2, 0.25) is 21.8 Å². The van der Waals surface area contributed by atoms with Crippen LogP contribution in [0.4, 0.5) is 18.0 Å². The molecule has 7 rings (SSSR count). The Morgan fingerprint density at radius 2 is 1.88 bits per heavy atom. The van der Waals surface area contributed by atoms with Crippen molar-refractivity contribution in [2.45, 2.75) is 132 Å². The van der Waals surface area contributed by atoms with Crippen molar-refractivity contribution in [3.63, 3.8) is 0 Å². The van der Waals surface area contributed by atoms with Crippen molar-refractivity contribution in [1.82, 2.24) is 25.2 Å². The van der Waals surface area contributed by atoms with Gasteiger partial charge in [-0.2, -0.15) is 13.2 Å². The number of benzene rings is 1. The standard InChI is InChI=1S/C40H50F3N5O8S/c1-23(2)21-55-36(52)45-30-11-9-7-5-6-8-10-26-19-39(26,35(51)47-57(53,54)37(4)16-17-37)46-33(49)31-20-38(22-48(31)34(30)50)15-14-27-28-18-25(40(41,42)43)12-13-29(28)44-24(3)32(27)56-38/h8,10,12-13,18,23,26,30-31H,5-7,9,11,14-17,19-22H2,1-4H3,(H,45,52)(H,46,49)(H,47,51)/b10-8-/t26-,30+,31+,38-,39-/m1/s1. The highest BCUT2D eigenvalue weighted by molar-refractivity contribution is 7.91. The first-order valence-corrected chi connectivity index (χ1v) is 21.2. The molecule has 3 fully saturated rings. The molecule has 5 atom stereocenters. The number of pyridine rings is 1. The summed E-state index contributed by atoms with van der Waals surface area (Å²) in [6.45, 7) is 7.00. The molecule has 4 amide bonds. The predicted molar refractivity (Wildman–Crippen MR) is 202 cm³/mol. The van der Waals surface area contributed by atoms with Crippen LogP contribution >= 0.6 is 0 Å². The van der Waals surface area contributed by atoms with Crippen molar-refractivity contribution in [3.8, 4) is 5.75 Å². The van der Waals surface area contributed by atoms with E-state index in [9.17, 15) is 40.8 Å². The molecule has 2 aromatic rings. The predicted octanol–water partition coefficient (Wildman–Crippen LogP) is 5.37. The zero-order chi connectivity index (χ0) is 41.1. The molecule has 13 nitrogen and oxygen atoms in total. The molecule has 1 saturated heterocycles. The molecule has 1 aromatic carbocycles. The number of aryl methyl sites for hydroxylation is 2. The minimum Gasteiger partial charge on any atom is -0.483 e. The van der Waals surface area contributed by atoms with Gasteiger partial charge in [0.25, 0.3) is 5.91 Å². The number of nitrogens with one attached hydrogen (secondary N) is 3. The van der Waals surface area contributed by atoms with Crippen LogP contribution in [0.5, 0.6) is 5.75 Å². The molecule has 1 aromatic heterocycles. The fourth-order valence-corrected chi connectivity index (χ4v) is 9.61. The van der Waals surface area contributed by atoms with Crippen molar-refractivity contribution in [1.29, 1.82) is 0 Å². The van der Waals surface area contributed by atoms with Crippen LogP contribution in [0.2, 0.25) is 0 Å². The maximum Gasteiger partial charge on any atom is 0.416 e. The van der Waals surface area contributed by atoms with Crippen LogP contribution in [0.1, 0.15) is 102 Å². The van der Waals surface area contributed by atoms with E-state index in [4.69, 9.17) is 9.47 Å². The number of alkyl carbamates (subject to hydrolysis) is 1. The molecular formula is C40H50F3N5O8S. The Balaban J connectivity index is 1.24. The lowest BCUT2D eigenvalue weighted by atomic mass is 9.87. The molecular weight excluding hydrogens is 768 g/mol. The molecule has 57 heavy (non-hydrogen) atoms. The molecule has 0 radical (unpaired) electrons. The number of sulfonamides is 1. The normalized spacial score (nSPS) is 29.2.